The van der Waals surface area contributed by atoms with Crippen LogP contribution in [0.15, 0.2) is 40.4 Å². The van der Waals surface area contributed by atoms with Crippen LogP contribution in [0.1, 0.15) is 19.8 Å². The van der Waals surface area contributed by atoms with Gasteiger partial charge in [-0.25, -0.2) is 5.48 Å². The van der Waals surface area contributed by atoms with Crippen LogP contribution >= 0.6 is 0 Å². The summed E-state index contributed by atoms with van der Waals surface area (Å²) >= 11 is 0. The number of hydrogen-bond acceptors (Lipinski definition) is 6. The van der Waals surface area contributed by atoms with Gasteiger partial charge in [-0.05, 0) is 25.5 Å². The molecule has 2 unspecified atom stereocenters. The summed E-state index contributed by atoms with van der Waals surface area (Å²) in [7, 11) is 4.71. The van der Waals surface area contributed by atoms with Crippen LogP contribution in [0.5, 0.6) is 0 Å². The van der Waals surface area contributed by atoms with Crippen molar-refractivity contribution in [2.45, 2.75) is 25.8 Å². The number of hydroxylamine groups is 1. The topological polar surface area (TPSA) is 103 Å². The first-order valence-corrected chi connectivity index (χ1v) is 9.41. The molecule has 158 valence electrons. The van der Waals surface area contributed by atoms with Crippen molar-refractivity contribution >= 4 is 18.0 Å². The van der Waals surface area contributed by atoms with E-state index in [1.54, 1.807) is 20.3 Å². The predicted molar refractivity (Wildman–Crippen MR) is 112 cm³/mol. The highest BCUT2D eigenvalue weighted by Gasteiger charge is 2.29. The maximum Gasteiger partial charge on any atom is 0.270 e. The van der Waals surface area contributed by atoms with E-state index in [1.165, 1.54) is 17.4 Å². The molecule has 1 rings (SSSR count). The molecule has 2 amide bonds. The van der Waals surface area contributed by atoms with Crippen molar-refractivity contribution in [3.8, 4) is 11.8 Å². The first kappa shape index (κ1) is 24.3. The third-order valence-electron chi connectivity index (χ3n) is 4.13. The molecule has 0 bridgehead atoms. The van der Waals surface area contributed by atoms with E-state index in [0.29, 0.717) is 6.61 Å². The lowest BCUT2D eigenvalue weighted by molar-refractivity contribution is -0.144. The fourth-order valence-electron chi connectivity index (χ4n) is 2.65. The van der Waals surface area contributed by atoms with E-state index < -0.39 is 17.9 Å². The van der Waals surface area contributed by atoms with E-state index in [-0.39, 0.29) is 12.6 Å². The summed E-state index contributed by atoms with van der Waals surface area (Å²) in [6.45, 7) is 2.44. The molecule has 1 aliphatic carbocycles. The molecule has 0 aromatic carbocycles. The van der Waals surface area contributed by atoms with Crippen molar-refractivity contribution in [3.05, 3.63) is 35.5 Å². The molecule has 0 saturated heterocycles. The van der Waals surface area contributed by atoms with E-state index in [9.17, 15) is 9.59 Å². The van der Waals surface area contributed by atoms with Gasteiger partial charge in [0.15, 0.2) is 6.04 Å². The lowest BCUT2D eigenvalue weighted by Gasteiger charge is -2.24. The second-order valence-corrected chi connectivity index (χ2v) is 6.43. The maximum atomic E-state index is 11.8. The van der Waals surface area contributed by atoms with Crippen LogP contribution < -0.4 is 10.8 Å². The summed E-state index contributed by atoms with van der Waals surface area (Å²) in [6, 6.07) is -1.18. The van der Waals surface area contributed by atoms with E-state index >= 15 is 0 Å². The van der Waals surface area contributed by atoms with Gasteiger partial charge in [-0.2, -0.15) is 0 Å². The Hall–Kier alpha value is -2.73. The SMILES string of the molecule is CC/C=C(/C#CC1C=CC(COCN(C)C(C(=O)NC)C(=O)NO)=CC1)C=NC. The van der Waals surface area contributed by atoms with E-state index in [0.717, 1.165) is 24.0 Å². The number of likely N-dealkylation sites (N-methyl/N-ethyl adjacent to an activating group) is 2. The minimum absolute atomic E-state index is 0.0431. The molecule has 0 aromatic heterocycles. The summed E-state index contributed by atoms with van der Waals surface area (Å²) in [5, 5.41) is 11.2. The second-order valence-electron chi connectivity index (χ2n) is 6.43. The molecule has 0 aromatic rings. The Kier molecular flexibility index (Phi) is 11.3. The normalized spacial score (nSPS) is 17.5. The molecule has 8 nitrogen and oxygen atoms in total. The molecule has 1 aliphatic rings. The number of aliphatic imine (C=N–C) groups is 1. The molecule has 2 atom stereocenters. The molecular weight excluding hydrogens is 372 g/mol. The Balaban J connectivity index is 2.54. The molecule has 29 heavy (non-hydrogen) atoms. The summed E-state index contributed by atoms with van der Waals surface area (Å²) in [6.07, 6.45) is 11.6. The Morgan fingerprint density at radius 2 is 2.24 bits per heavy atom. The lowest BCUT2D eigenvalue weighted by Crippen LogP contribution is -2.53. The van der Waals surface area contributed by atoms with Crippen molar-refractivity contribution < 1.29 is 19.5 Å². The molecule has 8 heteroatoms. The van der Waals surface area contributed by atoms with Gasteiger partial charge >= 0.3 is 0 Å². The maximum absolute atomic E-state index is 11.8. The fraction of sp³-hybridized carbons (Fsp3) is 0.476. The Morgan fingerprint density at radius 1 is 1.48 bits per heavy atom. The summed E-state index contributed by atoms with van der Waals surface area (Å²) in [5.74, 6) is 5.17. The molecule has 0 radical (unpaired) electrons. The van der Waals surface area contributed by atoms with E-state index in [4.69, 9.17) is 9.94 Å². The van der Waals surface area contributed by atoms with Crippen LogP contribution in [0, 0.1) is 17.8 Å². The van der Waals surface area contributed by atoms with Gasteiger partial charge in [-0.3, -0.25) is 24.7 Å². The molecule has 0 spiro atoms. The highest BCUT2D eigenvalue weighted by Crippen LogP contribution is 2.16. The van der Waals surface area contributed by atoms with Crippen LogP contribution in [0.4, 0.5) is 0 Å². The number of nitrogens with zero attached hydrogens (tertiary/aromatic N) is 2. The van der Waals surface area contributed by atoms with Crippen LogP contribution in [0.3, 0.4) is 0 Å². The van der Waals surface area contributed by atoms with Gasteiger partial charge < -0.3 is 10.1 Å². The van der Waals surface area contributed by atoms with Crippen LogP contribution in [-0.2, 0) is 14.3 Å². The Morgan fingerprint density at radius 3 is 2.79 bits per heavy atom. The van der Waals surface area contributed by atoms with E-state index in [2.05, 4.69) is 35.1 Å². The number of rotatable bonds is 9. The number of carbonyl (C=O) groups is 2. The van der Waals surface area contributed by atoms with Crippen LogP contribution in [0.2, 0.25) is 0 Å². The Labute approximate surface area is 172 Å². The zero-order chi connectivity index (χ0) is 21.6. The number of carbonyl (C=O) groups excluding carboxylic acids is 2. The van der Waals surface area contributed by atoms with Crippen molar-refractivity contribution in [3.63, 3.8) is 0 Å². The molecular formula is C21H30N4O4. The first-order chi connectivity index (χ1) is 14.0. The molecule has 0 heterocycles. The average molecular weight is 402 g/mol. The summed E-state index contributed by atoms with van der Waals surface area (Å²) < 4.78 is 5.60. The Bertz CT molecular complexity index is 728. The molecule has 0 aliphatic heterocycles. The highest BCUT2D eigenvalue weighted by molar-refractivity contribution is 6.03. The second kappa shape index (κ2) is 13.4. The third kappa shape index (κ3) is 8.44. The number of allylic oxidation sites excluding steroid dienone is 4. The van der Waals surface area contributed by atoms with Crippen molar-refractivity contribution in [2.75, 3.05) is 34.5 Å². The number of nitrogens with one attached hydrogen (secondary N) is 2. The quantitative estimate of drug-likeness (QED) is 0.134. The molecule has 0 fully saturated rings. The fourth-order valence-corrected chi connectivity index (χ4v) is 2.65. The zero-order valence-corrected chi connectivity index (χ0v) is 17.4. The summed E-state index contributed by atoms with van der Waals surface area (Å²) in [4.78, 5) is 28.9. The highest BCUT2D eigenvalue weighted by atomic mass is 16.5. The van der Waals surface area contributed by atoms with Crippen LogP contribution in [-0.4, -0.2) is 68.7 Å². The third-order valence-corrected chi connectivity index (χ3v) is 4.13. The average Bonchev–Trinajstić information content (AvgIpc) is 2.73. The zero-order valence-electron chi connectivity index (χ0n) is 17.4. The minimum atomic E-state index is -1.18. The van der Waals surface area contributed by atoms with Gasteiger partial charge in [0.2, 0.25) is 5.91 Å². The number of amides is 2. The van der Waals surface area contributed by atoms with Crippen molar-refractivity contribution in [1.82, 2.24) is 15.7 Å². The number of hydrogen-bond donors (Lipinski definition) is 3. The van der Waals surface area contributed by atoms with Gasteiger partial charge in [-0.15, -0.1) is 0 Å². The number of ether oxygens (including phenoxy) is 1. The van der Waals surface area contributed by atoms with Gasteiger partial charge in [0.25, 0.3) is 5.91 Å². The van der Waals surface area contributed by atoms with Gasteiger partial charge in [0, 0.05) is 31.8 Å². The lowest BCUT2D eigenvalue weighted by atomic mass is 9.97. The van der Waals surface area contributed by atoms with Crippen molar-refractivity contribution in [1.29, 1.82) is 0 Å². The first-order valence-electron chi connectivity index (χ1n) is 9.41. The summed E-state index contributed by atoms with van der Waals surface area (Å²) in [5.41, 5.74) is 3.41. The van der Waals surface area contributed by atoms with Gasteiger partial charge in [-0.1, -0.05) is 43.1 Å². The van der Waals surface area contributed by atoms with Crippen molar-refractivity contribution in [2.24, 2.45) is 10.9 Å². The van der Waals surface area contributed by atoms with E-state index in [1.807, 2.05) is 18.2 Å². The predicted octanol–water partition coefficient (Wildman–Crippen LogP) is 1.06. The van der Waals surface area contributed by atoms with Gasteiger partial charge in [0.1, 0.15) is 6.73 Å². The standard InChI is InChI=1S/C21H30N4O4/c1-5-6-17(13-22-2)10-7-16-8-11-18(12-9-16)14-29-15-25(4)19(20(26)23-3)21(27)24-28/h6,8,11-13,16,19,28H,5,9,14-15H2,1-4H3,(H,23,26)(H,24,27)/b17-6-,22-13?. The largest absolute Gasteiger partial charge is 0.361 e. The molecule has 3 N–H and O–H groups in total. The smallest absolute Gasteiger partial charge is 0.270 e. The molecule has 0 saturated carbocycles. The minimum Gasteiger partial charge on any atom is -0.361 e. The van der Waals surface area contributed by atoms with Crippen LogP contribution in [0.25, 0.3) is 0 Å². The monoisotopic (exact) mass is 402 g/mol. The van der Waals surface area contributed by atoms with Gasteiger partial charge in [0.05, 0.1) is 6.61 Å².